The normalized spacial score (nSPS) is 13.3. The zero-order valence-corrected chi connectivity index (χ0v) is 30.0. The van der Waals surface area contributed by atoms with Gasteiger partial charge in [0.05, 0.1) is 34.0 Å². The van der Waals surface area contributed by atoms with Gasteiger partial charge in [0.2, 0.25) is 0 Å². The van der Waals surface area contributed by atoms with E-state index < -0.39 is 0 Å². The van der Waals surface area contributed by atoms with Gasteiger partial charge in [-0.3, -0.25) is 0 Å². The maximum absolute atomic E-state index is 6.83. The van der Waals surface area contributed by atoms with Crippen LogP contribution in [0.25, 0.3) is 120 Å². The number of furan rings is 1. The fourth-order valence-electron chi connectivity index (χ4n) is 11.5. The third-order valence-electron chi connectivity index (χ3n) is 13.5. The van der Waals surface area contributed by atoms with E-state index in [4.69, 9.17) is 4.42 Å². The van der Waals surface area contributed by atoms with Crippen molar-refractivity contribution in [3.63, 3.8) is 0 Å². The Morgan fingerprint density at radius 3 is 1.55 bits per heavy atom. The molecule has 0 atom stereocenters. The van der Waals surface area contributed by atoms with Crippen molar-refractivity contribution in [3.8, 4) is 11.4 Å². The molecule has 56 heavy (non-hydrogen) atoms. The molecule has 0 saturated heterocycles. The highest BCUT2D eigenvalue weighted by molar-refractivity contribution is 7.00. The van der Waals surface area contributed by atoms with Crippen LogP contribution in [0, 0.1) is 0 Å². The van der Waals surface area contributed by atoms with Gasteiger partial charge in [0, 0.05) is 43.7 Å². The van der Waals surface area contributed by atoms with Crippen molar-refractivity contribution >= 4 is 132 Å². The molecule has 0 bridgehead atoms. The molecular weight excluding hydrogens is 679 g/mol. The summed E-state index contributed by atoms with van der Waals surface area (Å²) in [7, 11) is 0. The Kier molecular flexibility index (Phi) is 4.78. The Hall–Kier alpha value is -7.30. The topological polar surface area (TPSA) is 23.0 Å². The minimum Gasteiger partial charge on any atom is -0.476 e. The van der Waals surface area contributed by atoms with Gasteiger partial charge in [-0.15, -0.1) is 0 Å². The van der Waals surface area contributed by atoms with E-state index in [0.717, 1.165) is 5.66 Å². The number of hydrogen-bond donors (Lipinski definition) is 0. The summed E-state index contributed by atoms with van der Waals surface area (Å²) in [6.45, 7) is -0.0757. The molecule has 0 unspecified atom stereocenters. The van der Waals surface area contributed by atoms with Crippen LogP contribution in [0.1, 0.15) is 0 Å². The fourth-order valence-corrected chi connectivity index (χ4v) is 11.5. The Bertz CT molecular complexity index is 3980. The van der Waals surface area contributed by atoms with Gasteiger partial charge < -0.3 is 13.6 Å². The Morgan fingerprint density at radius 2 is 0.875 bits per heavy atom. The maximum atomic E-state index is 6.83. The first kappa shape index (κ1) is 28.2. The Balaban J connectivity index is 1.28. The molecule has 0 spiro atoms. The molecule has 0 radical (unpaired) electrons. The average molecular weight is 707 g/mol. The molecular formula is C52H27BN2O. The van der Waals surface area contributed by atoms with Crippen LogP contribution in [-0.4, -0.2) is 15.8 Å². The summed E-state index contributed by atoms with van der Waals surface area (Å²) in [6, 6.07) is 59.1. The number of nitrogens with zero attached hydrogens (tertiary/aromatic N) is 2. The maximum Gasteiger partial charge on any atom is 0.297 e. The molecule has 0 N–H and O–H groups in total. The number of rotatable bonds is 0. The molecule has 0 amide bonds. The third-order valence-corrected chi connectivity index (χ3v) is 13.5. The smallest absolute Gasteiger partial charge is 0.297 e. The quantitative estimate of drug-likeness (QED) is 0.114. The minimum atomic E-state index is -0.0757. The van der Waals surface area contributed by atoms with Crippen molar-refractivity contribution < 1.29 is 4.42 Å². The zero-order chi connectivity index (χ0) is 36.0. The lowest BCUT2D eigenvalue weighted by Crippen LogP contribution is -2.59. The van der Waals surface area contributed by atoms with Gasteiger partial charge >= 0.3 is 0 Å². The van der Waals surface area contributed by atoms with E-state index in [1.807, 2.05) is 6.26 Å². The largest absolute Gasteiger partial charge is 0.476 e. The van der Waals surface area contributed by atoms with Crippen LogP contribution < -0.4 is 16.6 Å². The molecule has 2 aliphatic rings. The molecule has 13 aromatic rings. The molecule has 10 aromatic carbocycles. The minimum absolute atomic E-state index is 0.0757. The van der Waals surface area contributed by atoms with Crippen molar-refractivity contribution in [1.82, 2.24) is 9.13 Å². The lowest BCUT2D eigenvalue weighted by Gasteiger charge is -2.32. The van der Waals surface area contributed by atoms with Gasteiger partial charge in [-0.2, -0.15) is 0 Å². The van der Waals surface area contributed by atoms with E-state index in [1.54, 1.807) is 0 Å². The number of fused-ring (bicyclic) bond motifs is 24. The molecule has 3 nitrogen and oxygen atoms in total. The van der Waals surface area contributed by atoms with Crippen molar-refractivity contribution in [2.75, 3.05) is 0 Å². The van der Waals surface area contributed by atoms with Gasteiger partial charge in [0.25, 0.3) is 6.71 Å². The highest BCUT2D eigenvalue weighted by Crippen LogP contribution is 2.48. The van der Waals surface area contributed by atoms with Crippen molar-refractivity contribution in [2.45, 2.75) is 0 Å². The highest BCUT2D eigenvalue weighted by Gasteiger charge is 2.44. The van der Waals surface area contributed by atoms with Crippen LogP contribution in [0.15, 0.2) is 168 Å². The second kappa shape index (κ2) is 9.49. The summed E-state index contributed by atoms with van der Waals surface area (Å²) < 4.78 is 12.0. The van der Waals surface area contributed by atoms with E-state index in [0.29, 0.717) is 0 Å². The van der Waals surface area contributed by atoms with Gasteiger partial charge in [-0.25, -0.2) is 0 Å². The summed E-state index contributed by atoms with van der Waals surface area (Å²) in [5.41, 5.74) is 11.0. The molecule has 2 aliphatic heterocycles. The van der Waals surface area contributed by atoms with E-state index in [2.05, 4.69) is 167 Å². The second-order valence-electron chi connectivity index (χ2n) is 15.9. The molecule has 0 fully saturated rings. The van der Waals surface area contributed by atoms with Gasteiger partial charge in [0.15, 0.2) is 0 Å². The van der Waals surface area contributed by atoms with Gasteiger partial charge in [0.1, 0.15) is 0 Å². The Morgan fingerprint density at radius 1 is 0.357 bits per heavy atom. The number of para-hydroxylation sites is 1. The summed E-state index contributed by atoms with van der Waals surface area (Å²) in [5, 5.41) is 20.5. The molecule has 0 aliphatic carbocycles. The van der Waals surface area contributed by atoms with E-state index in [1.165, 1.54) is 131 Å². The number of benzene rings is 10. The second-order valence-corrected chi connectivity index (χ2v) is 15.9. The molecule has 0 saturated carbocycles. The van der Waals surface area contributed by atoms with Crippen LogP contribution in [0.3, 0.4) is 0 Å². The predicted molar refractivity (Wildman–Crippen MR) is 237 cm³/mol. The van der Waals surface area contributed by atoms with Crippen molar-refractivity contribution in [1.29, 1.82) is 0 Å². The molecule has 5 heterocycles. The Labute approximate surface area is 319 Å². The van der Waals surface area contributed by atoms with Crippen LogP contribution in [0.4, 0.5) is 0 Å². The monoisotopic (exact) mass is 706 g/mol. The highest BCUT2D eigenvalue weighted by atomic mass is 16.3. The molecule has 15 rings (SSSR count). The summed E-state index contributed by atoms with van der Waals surface area (Å²) in [6.07, 6.45) is 2.01. The molecule has 3 aromatic heterocycles. The first-order valence-corrected chi connectivity index (χ1v) is 19.6. The number of aromatic nitrogens is 2. The third kappa shape index (κ3) is 3.02. The van der Waals surface area contributed by atoms with Crippen LogP contribution in [0.2, 0.25) is 0 Å². The molecule has 4 heteroatoms. The SMILES string of the molecule is c1cc2c3c(c1)-n1c4c(cc5c6ccccc6c6ccccc6c5c4c4ccc5c6ccccc6c6ccccc6c5c41)B3c1occ3c4ccccc4n-2c13. The predicted octanol–water partition coefficient (Wildman–Crippen LogP) is 11.5. The lowest BCUT2D eigenvalue weighted by atomic mass is 9.36. The summed E-state index contributed by atoms with van der Waals surface area (Å²) >= 11 is 0. The van der Waals surface area contributed by atoms with Crippen LogP contribution in [-0.2, 0) is 0 Å². The van der Waals surface area contributed by atoms with E-state index in [-0.39, 0.29) is 6.71 Å². The van der Waals surface area contributed by atoms with Gasteiger partial charge in [-0.05, 0) is 83.0 Å². The zero-order valence-electron chi connectivity index (χ0n) is 30.0. The first-order chi connectivity index (χ1) is 27.8. The van der Waals surface area contributed by atoms with E-state index in [9.17, 15) is 0 Å². The number of hydrogen-bond acceptors (Lipinski definition) is 1. The van der Waals surface area contributed by atoms with Gasteiger partial charge in [-0.1, -0.05) is 140 Å². The standard InChI is InChI=1S/C52H27BN2O/c1-3-16-32-28(12-1)31-15-6-8-20-36(31)46-37(32)24-25-38-47-45-35-19-7-5-14-30(35)29-13-2-4-17-33(29)39(45)26-41-51(47)55(49(38)46)44-23-11-22-43-48(44)53(41)52-50-40(27-56-52)34-18-9-10-21-42(34)54(43)50/h1-27H. The first-order valence-electron chi connectivity index (χ1n) is 19.6. The lowest BCUT2D eigenvalue weighted by molar-refractivity contribution is 0.603. The van der Waals surface area contributed by atoms with Crippen LogP contribution in [0.5, 0.6) is 0 Å². The van der Waals surface area contributed by atoms with Crippen molar-refractivity contribution in [3.05, 3.63) is 164 Å². The molecule has 254 valence electrons. The van der Waals surface area contributed by atoms with E-state index >= 15 is 0 Å². The summed E-state index contributed by atoms with van der Waals surface area (Å²) in [5.74, 6) is 0. The summed E-state index contributed by atoms with van der Waals surface area (Å²) in [4.78, 5) is 0. The van der Waals surface area contributed by atoms with Crippen molar-refractivity contribution in [2.24, 2.45) is 0 Å². The average Bonchev–Trinajstić information content (AvgIpc) is 3.95. The fraction of sp³-hybridized carbons (Fsp3) is 0. The van der Waals surface area contributed by atoms with Crippen LogP contribution >= 0.6 is 0 Å².